The molecule has 2 atom stereocenters. The lowest BCUT2D eigenvalue weighted by Crippen LogP contribution is -2.52. The third kappa shape index (κ3) is 4.60. The van der Waals surface area contributed by atoms with E-state index in [1.54, 1.807) is 0 Å². The molecule has 0 saturated heterocycles. The Morgan fingerprint density at radius 1 is 1.20 bits per heavy atom. The van der Waals surface area contributed by atoms with Crippen molar-refractivity contribution >= 4 is 0 Å². The van der Waals surface area contributed by atoms with E-state index in [-0.39, 0.29) is 18.8 Å². The van der Waals surface area contributed by atoms with Crippen LogP contribution in [0.25, 0.3) is 0 Å². The Morgan fingerprint density at radius 3 is 2.55 bits per heavy atom. The molecule has 2 unspecified atom stereocenters. The van der Waals surface area contributed by atoms with E-state index in [4.69, 9.17) is 4.74 Å². The summed E-state index contributed by atoms with van der Waals surface area (Å²) in [5.74, 6) is 0.305. The minimum Gasteiger partial charge on any atom is -0.394 e. The molecule has 0 amide bonds. The molecular weight excluding hydrogens is 271 g/mol. The fourth-order valence-corrected chi connectivity index (χ4v) is 3.16. The summed E-state index contributed by atoms with van der Waals surface area (Å²) in [6.45, 7) is 0.184. The van der Waals surface area contributed by atoms with Crippen molar-refractivity contribution in [3.63, 3.8) is 0 Å². The first-order valence-electron chi connectivity index (χ1n) is 7.48. The second kappa shape index (κ2) is 6.62. The third-order valence-electron chi connectivity index (χ3n) is 4.45. The molecule has 3 nitrogen and oxygen atoms in total. The Balaban J connectivity index is 1.70. The monoisotopic (exact) mass is 295 g/mol. The first kappa shape index (κ1) is 16.0. The highest BCUT2D eigenvalue weighted by Gasteiger charge is 2.44. The summed E-state index contributed by atoms with van der Waals surface area (Å²) in [7, 11) is 0. The fraction of sp³-hybridized carbons (Fsp3) is 1.00. The molecule has 0 spiro atoms. The van der Waals surface area contributed by atoms with Gasteiger partial charge in [-0.25, -0.2) is 0 Å². The molecule has 0 aromatic rings. The number of aliphatic hydroxyl groups is 1. The zero-order valence-corrected chi connectivity index (χ0v) is 11.7. The zero-order chi connectivity index (χ0) is 14.6. The van der Waals surface area contributed by atoms with Crippen LogP contribution >= 0.6 is 0 Å². The smallest absolute Gasteiger partial charge is 0.391 e. The quantitative estimate of drug-likeness (QED) is 0.676. The molecule has 0 bridgehead atoms. The topological polar surface area (TPSA) is 41.5 Å². The number of rotatable bonds is 8. The molecule has 2 N–H and O–H groups in total. The number of hydrogen-bond acceptors (Lipinski definition) is 3. The molecule has 2 fully saturated rings. The fourth-order valence-electron chi connectivity index (χ4n) is 3.16. The normalized spacial score (nSPS) is 30.9. The van der Waals surface area contributed by atoms with Gasteiger partial charge in [0.25, 0.3) is 0 Å². The van der Waals surface area contributed by atoms with E-state index >= 15 is 0 Å². The van der Waals surface area contributed by atoms with E-state index in [0.717, 1.165) is 38.5 Å². The molecule has 118 valence electrons. The molecule has 0 aromatic carbocycles. The summed E-state index contributed by atoms with van der Waals surface area (Å²) in [5, 5.41) is 13.3. The Kier molecular flexibility index (Phi) is 5.31. The summed E-state index contributed by atoms with van der Waals surface area (Å²) in [6.07, 6.45) is 1.05. The SMILES string of the molecule is OCC1(NC2CC2)CCCC1CCOCCC(F)(F)F. The highest BCUT2D eigenvalue weighted by Crippen LogP contribution is 2.40. The lowest BCUT2D eigenvalue weighted by molar-refractivity contribution is -0.145. The standard InChI is InChI=1S/C14H24F3NO2/c15-14(16,17)7-9-20-8-5-11-2-1-6-13(11,10-19)18-12-3-4-12/h11-12,18-19H,1-10H2. The zero-order valence-electron chi connectivity index (χ0n) is 11.7. The minimum atomic E-state index is -4.14. The first-order valence-corrected chi connectivity index (χ1v) is 7.48. The van der Waals surface area contributed by atoms with Gasteiger partial charge >= 0.3 is 6.18 Å². The van der Waals surface area contributed by atoms with Gasteiger partial charge in [-0.15, -0.1) is 0 Å². The molecule has 2 aliphatic carbocycles. The summed E-state index contributed by atoms with van der Waals surface area (Å²) in [5.41, 5.74) is -0.228. The van der Waals surface area contributed by atoms with Crippen molar-refractivity contribution in [2.24, 2.45) is 5.92 Å². The van der Waals surface area contributed by atoms with Gasteiger partial charge in [0.1, 0.15) is 0 Å². The number of hydrogen-bond donors (Lipinski definition) is 2. The summed E-state index contributed by atoms with van der Waals surface area (Å²) >= 11 is 0. The Morgan fingerprint density at radius 2 is 1.95 bits per heavy atom. The maximum Gasteiger partial charge on any atom is 0.391 e. The van der Waals surface area contributed by atoms with Crippen molar-refractivity contribution in [3.8, 4) is 0 Å². The highest BCUT2D eigenvalue weighted by atomic mass is 19.4. The molecule has 2 aliphatic rings. The predicted molar refractivity (Wildman–Crippen MR) is 69.4 cm³/mol. The van der Waals surface area contributed by atoms with Crippen LogP contribution in [0, 0.1) is 5.92 Å². The number of alkyl halides is 3. The van der Waals surface area contributed by atoms with Crippen LogP contribution in [0.3, 0.4) is 0 Å². The van der Waals surface area contributed by atoms with Crippen molar-refractivity contribution < 1.29 is 23.0 Å². The molecule has 0 aromatic heterocycles. The van der Waals surface area contributed by atoms with E-state index in [1.807, 2.05) is 0 Å². The summed E-state index contributed by atoms with van der Waals surface area (Å²) in [6, 6.07) is 0.522. The molecule has 0 radical (unpaired) electrons. The second-order valence-electron chi connectivity index (χ2n) is 6.09. The highest BCUT2D eigenvalue weighted by molar-refractivity contribution is 5.02. The van der Waals surface area contributed by atoms with Gasteiger partial charge in [0.15, 0.2) is 0 Å². The average molecular weight is 295 g/mol. The van der Waals surface area contributed by atoms with Gasteiger partial charge in [0.2, 0.25) is 0 Å². The second-order valence-corrected chi connectivity index (χ2v) is 6.09. The van der Waals surface area contributed by atoms with Gasteiger partial charge in [-0.3, -0.25) is 0 Å². The predicted octanol–water partition coefficient (Wildman–Crippen LogP) is 2.63. The Bertz CT molecular complexity index is 307. The van der Waals surface area contributed by atoms with Crippen molar-refractivity contribution in [1.29, 1.82) is 0 Å². The van der Waals surface area contributed by atoms with E-state index < -0.39 is 12.6 Å². The van der Waals surface area contributed by atoms with Crippen LogP contribution in [0.1, 0.15) is 44.9 Å². The van der Waals surface area contributed by atoms with Crippen LogP contribution in [0.5, 0.6) is 0 Å². The number of ether oxygens (including phenoxy) is 1. The number of nitrogens with one attached hydrogen (secondary N) is 1. The summed E-state index contributed by atoms with van der Waals surface area (Å²) in [4.78, 5) is 0. The maximum atomic E-state index is 12.0. The van der Waals surface area contributed by atoms with Gasteiger partial charge in [0.05, 0.1) is 19.6 Å². The lowest BCUT2D eigenvalue weighted by atomic mass is 9.85. The van der Waals surface area contributed by atoms with Crippen molar-refractivity contribution in [3.05, 3.63) is 0 Å². The van der Waals surface area contributed by atoms with Crippen LogP contribution in [0.2, 0.25) is 0 Å². The van der Waals surface area contributed by atoms with E-state index in [0.29, 0.717) is 18.6 Å². The average Bonchev–Trinajstić information content (AvgIpc) is 3.09. The van der Waals surface area contributed by atoms with Gasteiger partial charge in [-0.05, 0) is 38.0 Å². The van der Waals surface area contributed by atoms with Crippen LogP contribution in [-0.4, -0.2) is 42.7 Å². The van der Waals surface area contributed by atoms with E-state index in [2.05, 4.69) is 5.32 Å². The van der Waals surface area contributed by atoms with Crippen LogP contribution in [-0.2, 0) is 4.74 Å². The van der Waals surface area contributed by atoms with Crippen molar-refractivity contribution in [2.45, 2.75) is 62.7 Å². The van der Waals surface area contributed by atoms with E-state index in [1.165, 1.54) is 0 Å². The van der Waals surface area contributed by atoms with Crippen LogP contribution in [0.4, 0.5) is 13.2 Å². The number of aliphatic hydroxyl groups excluding tert-OH is 1. The molecule has 6 heteroatoms. The Labute approximate surface area is 117 Å². The van der Waals surface area contributed by atoms with Crippen molar-refractivity contribution in [2.75, 3.05) is 19.8 Å². The van der Waals surface area contributed by atoms with Gasteiger partial charge < -0.3 is 15.2 Å². The number of halogens is 3. The largest absolute Gasteiger partial charge is 0.394 e. The molecule has 20 heavy (non-hydrogen) atoms. The van der Waals surface area contributed by atoms with Gasteiger partial charge in [-0.2, -0.15) is 13.2 Å². The first-order chi connectivity index (χ1) is 9.45. The molecule has 0 aliphatic heterocycles. The summed E-state index contributed by atoms with van der Waals surface area (Å²) < 4.78 is 41.1. The van der Waals surface area contributed by atoms with Crippen molar-refractivity contribution in [1.82, 2.24) is 5.32 Å². The molecule has 2 rings (SSSR count). The van der Waals surface area contributed by atoms with E-state index in [9.17, 15) is 18.3 Å². The molecular formula is C14H24F3NO2. The van der Waals surface area contributed by atoms with Gasteiger partial charge in [0, 0.05) is 18.2 Å². The van der Waals surface area contributed by atoms with Crippen LogP contribution in [0.15, 0.2) is 0 Å². The molecule has 2 saturated carbocycles. The van der Waals surface area contributed by atoms with Crippen LogP contribution < -0.4 is 5.32 Å². The minimum absolute atomic E-state index is 0.108. The lowest BCUT2D eigenvalue weighted by Gasteiger charge is -2.35. The van der Waals surface area contributed by atoms with Gasteiger partial charge in [-0.1, -0.05) is 6.42 Å². The maximum absolute atomic E-state index is 12.0. The molecule has 0 heterocycles. The third-order valence-corrected chi connectivity index (χ3v) is 4.45. The Hall–Kier alpha value is -0.330.